The molecular weight excluding hydrogens is 265 g/mol. The van der Waals surface area contributed by atoms with Crippen molar-refractivity contribution in [1.29, 1.82) is 0 Å². The van der Waals surface area contributed by atoms with Crippen molar-refractivity contribution in [2.45, 2.75) is 70.6 Å². The quantitative estimate of drug-likeness (QED) is 0.876. The molecule has 3 unspecified atom stereocenters. The molecule has 1 N–H and O–H groups in total. The molecular formula is C18H28FNO. The second-order valence-electron chi connectivity index (χ2n) is 7.26. The summed E-state index contributed by atoms with van der Waals surface area (Å²) in [4.78, 5) is 0. The molecule has 1 aromatic rings. The summed E-state index contributed by atoms with van der Waals surface area (Å²) in [7, 11) is 0. The lowest BCUT2D eigenvalue weighted by atomic mass is 9.91. The monoisotopic (exact) mass is 293 g/mol. The minimum atomic E-state index is -0.158. The van der Waals surface area contributed by atoms with Crippen molar-refractivity contribution in [2.24, 2.45) is 0 Å². The third-order valence-corrected chi connectivity index (χ3v) is 4.07. The number of hydrogen-bond donors (Lipinski definition) is 1. The molecule has 1 aliphatic heterocycles. The van der Waals surface area contributed by atoms with Gasteiger partial charge in [-0.15, -0.1) is 0 Å². The average Bonchev–Trinajstić information content (AvgIpc) is 2.79. The first kappa shape index (κ1) is 16.4. The highest BCUT2D eigenvalue weighted by molar-refractivity contribution is 5.21. The fraction of sp³-hybridized carbons (Fsp3) is 0.667. The number of rotatable bonds is 5. The van der Waals surface area contributed by atoms with E-state index in [1.807, 2.05) is 6.07 Å². The van der Waals surface area contributed by atoms with Crippen LogP contribution in [0.4, 0.5) is 4.39 Å². The maximum atomic E-state index is 13.5. The molecule has 1 aromatic carbocycles. The SMILES string of the molecule is CC1CCC(CC(CNC(C)(C)C)c2cccc(F)c2)O1. The number of halogens is 1. The first-order valence-corrected chi connectivity index (χ1v) is 7.99. The minimum absolute atomic E-state index is 0.0649. The van der Waals surface area contributed by atoms with Crippen LogP contribution in [0.2, 0.25) is 0 Å². The number of hydrogen-bond acceptors (Lipinski definition) is 2. The van der Waals surface area contributed by atoms with Crippen molar-refractivity contribution < 1.29 is 9.13 Å². The predicted molar refractivity (Wildman–Crippen MR) is 85.1 cm³/mol. The van der Waals surface area contributed by atoms with Crippen LogP contribution in [0.15, 0.2) is 24.3 Å². The van der Waals surface area contributed by atoms with Crippen molar-refractivity contribution in [3.8, 4) is 0 Å². The Morgan fingerprint density at radius 3 is 2.67 bits per heavy atom. The zero-order valence-corrected chi connectivity index (χ0v) is 13.7. The van der Waals surface area contributed by atoms with Gasteiger partial charge in [0.05, 0.1) is 12.2 Å². The van der Waals surface area contributed by atoms with Crippen molar-refractivity contribution in [1.82, 2.24) is 5.32 Å². The van der Waals surface area contributed by atoms with Gasteiger partial charge in [-0.05, 0) is 70.6 Å². The maximum Gasteiger partial charge on any atom is 0.123 e. The molecule has 1 saturated heterocycles. The Morgan fingerprint density at radius 1 is 1.33 bits per heavy atom. The van der Waals surface area contributed by atoms with Crippen LogP contribution in [-0.2, 0) is 4.74 Å². The van der Waals surface area contributed by atoms with E-state index in [4.69, 9.17) is 4.74 Å². The van der Waals surface area contributed by atoms with Crippen LogP contribution in [0.3, 0.4) is 0 Å². The molecule has 0 aliphatic carbocycles. The summed E-state index contributed by atoms with van der Waals surface area (Å²) in [6, 6.07) is 6.99. The summed E-state index contributed by atoms with van der Waals surface area (Å²) >= 11 is 0. The zero-order valence-electron chi connectivity index (χ0n) is 13.7. The van der Waals surface area contributed by atoms with E-state index in [-0.39, 0.29) is 17.3 Å². The van der Waals surface area contributed by atoms with Crippen LogP contribution >= 0.6 is 0 Å². The molecule has 0 radical (unpaired) electrons. The predicted octanol–water partition coefficient (Wildman–Crippen LogP) is 4.26. The summed E-state index contributed by atoms with van der Waals surface area (Å²) < 4.78 is 19.5. The summed E-state index contributed by atoms with van der Waals surface area (Å²) in [5.74, 6) is 0.129. The summed E-state index contributed by atoms with van der Waals surface area (Å²) in [6.45, 7) is 9.45. The molecule has 0 saturated carbocycles. The van der Waals surface area contributed by atoms with Gasteiger partial charge >= 0.3 is 0 Å². The molecule has 0 aromatic heterocycles. The Bertz CT molecular complexity index is 455. The highest BCUT2D eigenvalue weighted by Crippen LogP contribution is 2.29. The average molecular weight is 293 g/mol. The van der Waals surface area contributed by atoms with Crippen molar-refractivity contribution in [3.05, 3.63) is 35.6 Å². The summed E-state index contributed by atoms with van der Waals surface area (Å²) in [6.07, 6.45) is 3.86. The molecule has 2 nitrogen and oxygen atoms in total. The number of benzene rings is 1. The van der Waals surface area contributed by atoms with Crippen molar-refractivity contribution in [2.75, 3.05) is 6.54 Å². The highest BCUT2D eigenvalue weighted by Gasteiger charge is 2.26. The fourth-order valence-corrected chi connectivity index (χ4v) is 2.90. The molecule has 2 rings (SSSR count). The summed E-state index contributed by atoms with van der Waals surface area (Å²) in [5.41, 5.74) is 1.13. The standard InChI is InChI=1S/C18H28FNO/c1-13-8-9-17(21-13)11-15(12-20-18(2,3)4)14-6-5-7-16(19)10-14/h5-7,10,13,15,17,20H,8-9,11-12H2,1-4H3. The van der Waals surface area contributed by atoms with Crippen LogP contribution in [-0.4, -0.2) is 24.3 Å². The lowest BCUT2D eigenvalue weighted by Gasteiger charge is -2.27. The summed E-state index contributed by atoms with van der Waals surface area (Å²) in [5, 5.41) is 3.55. The normalized spacial score (nSPS) is 24.2. The van der Waals surface area contributed by atoms with E-state index < -0.39 is 0 Å². The Labute approximate surface area is 128 Å². The van der Waals surface area contributed by atoms with E-state index in [1.54, 1.807) is 12.1 Å². The smallest absolute Gasteiger partial charge is 0.123 e. The van der Waals surface area contributed by atoms with E-state index in [0.29, 0.717) is 12.2 Å². The molecule has 0 bridgehead atoms. The molecule has 118 valence electrons. The molecule has 21 heavy (non-hydrogen) atoms. The molecule has 1 heterocycles. The topological polar surface area (TPSA) is 21.3 Å². The molecule has 0 amide bonds. The highest BCUT2D eigenvalue weighted by atomic mass is 19.1. The van der Waals surface area contributed by atoms with E-state index in [9.17, 15) is 4.39 Å². The molecule has 1 aliphatic rings. The van der Waals surface area contributed by atoms with Crippen molar-refractivity contribution in [3.63, 3.8) is 0 Å². The molecule has 3 heteroatoms. The lowest BCUT2D eigenvalue weighted by molar-refractivity contribution is 0.0462. The third kappa shape index (κ3) is 5.40. The van der Waals surface area contributed by atoms with Gasteiger partial charge in [-0.2, -0.15) is 0 Å². The van der Waals surface area contributed by atoms with Gasteiger partial charge in [0.25, 0.3) is 0 Å². The van der Waals surface area contributed by atoms with Gasteiger partial charge < -0.3 is 10.1 Å². The largest absolute Gasteiger partial charge is 0.375 e. The van der Waals surface area contributed by atoms with Crippen LogP contribution < -0.4 is 5.32 Å². The Kier molecular flexibility index (Phi) is 5.39. The van der Waals surface area contributed by atoms with Gasteiger partial charge in [-0.3, -0.25) is 0 Å². The van der Waals surface area contributed by atoms with E-state index >= 15 is 0 Å². The van der Waals surface area contributed by atoms with Gasteiger partial charge in [0.15, 0.2) is 0 Å². The minimum Gasteiger partial charge on any atom is -0.375 e. The van der Waals surface area contributed by atoms with Crippen LogP contribution in [0.5, 0.6) is 0 Å². The Balaban J connectivity index is 2.06. The van der Waals surface area contributed by atoms with Gasteiger partial charge in [-0.1, -0.05) is 12.1 Å². The second-order valence-corrected chi connectivity index (χ2v) is 7.26. The molecule has 0 spiro atoms. The zero-order chi connectivity index (χ0) is 15.5. The first-order valence-electron chi connectivity index (χ1n) is 7.99. The first-order chi connectivity index (χ1) is 9.83. The van der Waals surface area contributed by atoms with E-state index in [1.165, 1.54) is 6.07 Å². The van der Waals surface area contributed by atoms with Crippen LogP contribution in [0.25, 0.3) is 0 Å². The Morgan fingerprint density at radius 2 is 2.10 bits per heavy atom. The van der Waals surface area contributed by atoms with Gasteiger partial charge in [0.2, 0.25) is 0 Å². The third-order valence-electron chi connectivity index (χ3n) is 4.07. The van der Waals surface area contributed by atoms with Gasteiger partial charge in [0, 0.05) is 12.1 Å². The maximum absolute atomic E-state index is 13.5. The van der Waals surface area contributed by atoms with Crippen molar-refractivity contribution >= 4 is 0 Å². The van der Waals surface area contributed by atoms with Crippen LogP contribution in [0.1, 0.15) is 58.4 Å². The Hall–Kier alpha value is -0.930. The van der Waals surface area contributed by atoms with Crippen LogP contribution in [0, 0.1) is 5.82 Å². The van der Waals surface area contributed by atoms with E-state index in [0.717, 1.165) is 31.4 Å². The molecule has 3 atom stereocenters. The van der Waals surface area contributed by atoms with E-state index in [2.05, 4.69) is 33.0 Å². The number of nitrogens with one attached hydrogen (secondary N) is 1. The second kappa shape index (κ2) is 6.89. The lowest BCUT2D eigenvalue weighted by Crippen LogP contribution is -2.39. The van der Waals surface area contributed by atoms with Gasteiger partial charge in [-0.25, -0.2) is 4.39 Å². The van der Waals surface area contributed by atoms with Gasteiger partial charge in [0.1, 0.15) is 5.82 Å². The number of ether oxygens (including phenoxy) is 1. The fourth-order valence-electron chi connectivity index (χ4n) is 2.90. The molecule has 1 fully saturated rings.